The molecule has 0 aliphatic heterocycles. The quantitative estimate of drug-likeness (QED) is 0.173. The molecule has 4 heteroatoms. The minimum Gasteiger partial charge on any atom is -0.288 e. The van der Waals surface area contributed by atoms with Crippen LogP contribution in [0.3, 0.4) is 0 Å². The van der Waals surface area contributed by atoms with Crippen molar-refractivity contribution < 1.29 is 13.0 Å². The van der Waals surface area contributed by atoms with Crippen LogP contribution in [0.5, 0.6) is 0 Å². The summed E-state index contributed by atoms with van der Waals surface area (Å²) < 4.78 is 24.2. The van der Waals surface area contributed by atoms with E-state index in [0.717, 1.165) is 0 Å². The van der Waals surface area contributed by atoms with E-state index in [2.05, 4.69) is 146 Å². The number of hydrogen-bond donors (Lipinski definition) is 2. The van der Waals surface area contributed by atoms with Gasteiger partial charge in [0.2, 0.25) is 0 Å². The predicted molar refractivity (Wildman–Crippen MR) is 169 cm³/mol. The van der Waals surface area contributed by atoms with Crippen LogP contribution < -0.4 is 0 Å². The van der Waals surface area contributed by atoms with Gasteiger partial charge in [0.05, 0.1) is 0 Å². The van der Waals surface area contributed by atoms with E-state index >= 15 is 0 Å². The normalized spacial score (nSPS) is 9.55. The summed E-state index contributed by atoms with van der Waals surface area (Å²) in [7, 11) is -3.12. The summed E-state index contributed by atoms with van der Waals surface area (Å²) in [5.74, 6) is 0. The lowest BCUT2D eigenvalue weighted by Crippen LogP contribution is -1.73. The molecule has 0 saturated heterocycles. The molecular formula is C36H32O3S. The third-order valence-corrected chi connectivity index (χ3v) is 5.64. The maximum absolute atomic E-state index is 8.59. The molecule has 6 aromatic carbocycles. The molecule has 40 heavy (non-hydrogen) atoms. The fourth-order valence-corrected chi connectivity index (χ4v) is 3.78. The van der Waals surface area contributed by atoms with Gasteiger partial charge in [0, 0.05) is 0 Å². The molecule has 6 rings (SSSR count). The van der Waals surface area contributed by atoms with Gasteiger partial charge in [0.1, 0.15) is 0 Å². The van der Waals surface area contributed by atoms with Crippen molar-refractivity contribution in [1.82, 2.24) is 0 Å². The Morgan fingerprint density at radius 3 is 0.475 bits per heavy atom. The Hall–Kier alpha value is -4.77. The van der Waals surface area contributed by atoms with Crippen LogP contribution in [0.15, 0.2) is 182 Å². The molecule has 0 unspecified atom stereocenters. The lowest BCUT2D eigenvalue weighted by molar-refractivity contribution is 0.509. The average molecular weight is 545 g/mol. The Kier molecular flexibility index (Phi) is 13.2. The van der Waals surface area contributed by atoms with Crippen molar-refractivity contribution >= 4 is 11.0 Å². The van der Waals surface area contributed by atoms with E-state index in [0.29, 0.717) is 0 Å². The molecule has 6 aromatic rings. The zero-order chi connectivity index (χ0) is 28.3. The highest BCUT2D eigenvalue weighted by Crippen LogP contribution is 2.19. The molecule has 0 atom stereocenters. The highest BCUT2D eigenvalue weighted by atomic mass is 32.2. The monoisotopic (exact) mass is 544 g/mol. The zero-order valence-corrected chi connectivity index (χ0v) is 22.9. The van der Waals surface area contributed by atoms with Gasteiger partial charge in [-0.15, -0.1) is 0 Å². The lowest BCUT2D eigenvalue weighted by atomic mass is 10.1. The van der Waals surface area contributed by atoms with Crippen molar-refractivity contribution in [3.63, 3.8) is 0 Å². The van der Waals surface area contributed by atoms with E-state index in [1.807, 2.05) is 36.4 Å². The van der Waals surface area contributed by atoms with Gasteiger partial charge in [-0.3, -0.25) is 4.55 Å². The summed E-state index contributed by atoms with van der Waals surface area (Å²) >= 11 is 0. The van der Waals surface area contributed by atoms with Gasteiger partial charge in [-0.25, -0.2) is 8.42 Å². The van der Waals surface area contributed by atoms with Crippen LogP contribution in [0.1, 0.15) is 0 Å². The van der Waals surface area contributed by atoms with Crippen LogP contribution in [0.25, 0.3) is 33.4 Å². The first kappa shape index (κ1) is 29.8. The van der Waals surface area contributed by atoms with E-state index in [1.54, 1.807) is 0 Å². The second-order valence-corrected chi connectivity index (χ2v) is 8.91. The molecule has 0 aliphatic carbocycles. The van der Waals surface area contributed by atoms with Gasteiger partial charge in [-0.2, -0.15) is 0 Å². The molecule has 0 aliphatic rings. The highest BCUT2D eigenvalue weighted by molar-refractivity contribution is 7.66. The minimum absolute atomic E-state index is 1.28. The Balaban J connectivity index is 0.000000155. The van der Waals surface area contributed by atoms with Gasteiger partial charge in [0.25, 0.3) is 11.0 Å². The van der Waals surface area contributed by atoms with Crippen LogP contribution in [-0.2, 0) is 11.0 Å². The van der Waals surface area contributed by atoms with Crippen LogP contribution in [-0.4, -0.2) is 13.0 Å². The number of hydrogen-bond acceptors (Lipinski definition) is 2. The molecule has 0 saturated carbocycles. The van der Waals surface area contributed by atoms with Gasteiger partial charge in [-0.05, 0) is 33.4 Å². The number of rotatable bonds is 3. The van der Waals surface area contributed by atoms with Crippen molar-refractivity contribution in [3.8, 4) is 33.4 Å². The third kappa shape index (κ3) is 11.3. The van der Waals surface area contributed by atoms with Crippen LogP contribution in [0.2, 0.25) is 0 Å². The molecule has 0 aromatic heterocycles. The minimum atomic E-state index is -3.12. The SMILES string of the molecule is O=[SH](=O)O.c1ccc(-c2ccccc2)cc1.c1ccc(-c2ccccc2)cc1.c1ccc(-c2ccccc2)cc1. The van der Waals surface area contributed by atoms with Gasteiger partial charge in [0.15, 0.2) is 0 Å². The zero-order valence-electron chi connectivity index (χ0n) is 22.0. The Labute approximate surface area is 238 Å². The van der Waals surface area contributed by atoms with Gasteiger partial charge >= 0.3 is 0 Å². The van der Waals surface area contributed by atoms with E-state index in [4.69, 9.17) is 13.0 Å². The van der Waals surface area contributed by atoms with Crippen molar-refractivity contribution in [1.29, 1.82) is 0 Å². The molecule has 200 valence electrons. The summed E-state index contributed by atoms with van der Waals surface area (Å²) in [6.07, 6.45) is 0. The molecule has 3 nitrogen and oxygen atoms in total. The molecule has 1 N–H and O–H groups in total. The molecule has 0 spiro atoms. The molecule has 0 bridgehead atoms. The van der Waals surface area contributed by atoms with Crippen molar-refractivity contribution in [2.75, 3.05) is 0 Å². The van der Waals surface area contributed by atoms with Crippen molar-refractivity contribution in [3.05, 3.63) is 182 Å². The van der Waals surface area contributed by atoms with E-state index < -0.39 is 11.0 Å². The summed E-state index contributed by atoms with van der Waals surface area (Å²) in [5, 5.41) is 0. The number of benzene rings is 6. The number of thiol groups is 1. The smallest absolute Gasteiger partial charge is 0.254 e. The summed E-state index contributed by atoms with van der Waals surface area (Å²) in [5.41, 5.74) is 7.66. The fraction of sp³-hybridized carbons (Fsp3) is 0. The Morgan fingerprint density at radius 2 is 0.375 bits per heavy atom. The lowest BCUT2D eigenvalue weighted by Gasteiger charge is -1.98. The molecule has 0 radical (unpaired) electrons. The van der Waals surface area contributed by atoms with E-state index in [1.165, 1.54) is 33.4 Å². The van der Waals surface area contributed by atoms with Gasteiger partial charge in [-0.1, -0.05) is 182 Å². The summed E-state index contributed by atoms with van der Waals surface area (Å²) in [4.78, 5) is 0. The van der Waals surface area contributed by atoms with Crippen LogP contribution >= 0.6 is 0 Å². The standard InChI is InChI=1S/3C12H10.H2O3S/c3*1-3-7-11(8-4-1)12-9-5-2-6-10-12;1-4(2)3/h3*1-10H;4H,(H,1,2,3). The first-order chi connectivity index (χ1) is 19.6. The maximum Gasteiger partial charge on any atom is 0.254 e. The van der Waals surface area contributed by atoms with Crippen LogP contribution in [0, 0.1) is 0 Å². The largest absolute Gasteiger partial charge is 0.288 e. The topological polar surface area (TPSA) is 54.4 Å². The van der Waals surface area contributed by atoms with Crippen LogP contribution in [0.4, 0.5) is 0 Å². The third-order valence-electron chi connectivity index (χ3n) is 5.64. The molecule has 0 fully saturated rings. The summed E-state index contributed by atoms with van der Waals surface area (Å²) in [6.45, 7) is 0. The van der Waals surface area contributed by atoms with E-state index in [-0.39, 0.29) is 0 Å². The van der Waals surface area contributed by atoms with Crippen molar-refractivity contribution in [2.45, 2.75) is 0 Å². The Morgan fingerprint density at radius 1 is 0.275 bits per heavy atom. The second kappa shape index (κ2) is 17.7. The molecular weight excluding hydrogens is 512 g/mol. The summed E-state index contributed by atoms with van der Waals surface area (Å²) in [6, 6.07) is 62.3. The average Bonchev–Trinajstić information content (AvgIpc) is 3.04. The fourth-order valence-electron chi connectivity index (χ4n) is 3.78. The Bertz CT molecular complexity index is 1240. The maximum atomic E-state index is 8.59. The first-order valence-electron chi connectivity index (χ1n) is 12.8. The second-order valence-electron chi connectivity index (χ2n) is 8.43. The molecule has 0 heterocycles. The molecule has 0 amide bonds. The highest BCUT2D eigenvalue weighted by Gasteiger charge is 1.93. The predicted octanol–water partition coefficient (Wildman–Crippen LogP) is 9.13. The van der Waals surface area contributed by atoms with Crippen molar-refractivity contribution in [2.24, 2.45) is 0 Å². The van der Waals surface area contributed by atoms with Gasteiger partial charge < -0.3 is 0 Å². The first-order valence-corrected chi connectivity index (χ1v) is 13.9. The van der Waals surface area contributed by atoms with E-state index in [9.17, 15) is 0 Å².